The maximum atomic E-state index is 14.1. The third-order valence-corrected chi connectivity index (χ3v) is 8.26. The molecule has 1 saturated carbocycles. The number of hydrogen-bond acceptors (Lipinski definition) is 11. The number of benzene rings is 1. The second-order valence-electron chi connectivity index (χ2n) is 10.9. The van der Waals surface area contributed by atoms with Crippen LogP contribution in [0.25, 0.3) is 5.76 Å². The van der Waals surface area contributed by atoms with Crippen molar-refractivity contribution >= 4 is 35.2 Å². The van der Waals surface area contributed by atoms with E-state index in [1.807, 2.05) is 0 Å². The Balaban J connectivity index is 1.95. The van der Waals surface area contributed by atoms with E-state index in [4.69, 9.17) is 15.6 Å². The van der Waals surface area contributed by atoms with Crippen LogP contribution >= 0.6 is 0 Å². The van der Waals surface area contributed by atoms with Crippen molar-refractivity contribution in [3.8, 4) is 5.75 Å². The molecule has 13 heteroatoms. The second-order valence-corrected chi connectivity index (χ2v) is 10.9. The van der Waals surface area contributed by atoms with Gasteiger partial charge in [0.25, 0.3) is 5.91 Å². The molecule has 1 unspecified atom stereocenters. The van der Waals surface area contributed by atoms with E-state index in [1.54, 1.807) is 13.0 Å². The Morgan fingerprint density at radius 3 is 2.29 bits per heavy atom. The number of aliphatic hydroxyl groups is 3. The van der Waals surface area contributed by atoms with Gasteiger partial charge in [0.2, 0.25) is 5.78 Å². The van der Waals surface area contributed by atoms with Gasteiger partial charge in [0.05, 0.1) is 17.5 Å². The van der Waals surface area contributed by atoms with E-state index in [0.29, 0.717) is 5.56 Å². The maximum absolute atomic E-state index is 14.1. The number of unbranched alkanes of at least 4 members (excludes halogenated alkanes) is 1. The fourth-order valence-electron chi connectivity index (χ4n) is 6.44. The number of amides is 1. The minimum Gasteiger partial charge on any atom is -0.508 e. The first-order valence-corrected chi connectivity index (χ1v) is 13.0. The monoisotopic (exact) mass is 572 g/mol. The third kappa shape index (κ3) is 4.54. The molecule has 7 N–H and O–H groups in total. The molecule has 0 aliphatic heterocycles. The Morgan fingerprint density at radius 2 is 1.71 bits per heavy atom. The van der Waals surface area contributed by atoms with Gasteiger partial charge in [-0.05, 0) is 44.5 Å². The lowest BCUT2D eigenvalue weighted by atomic mass is 9.54. The van der Waals surface area contributed by atoms with Crippen molar-refractivity contribution in [1.82, 2.24) is 4.90 Å². The first-order valence-electron chi connectivity index (χ1n) is 13.0. The number of aliphatic carboxylic acids is 1. The first kappa shape index (κ1) is 29.7. The van der Waals surface area contributed by atoms with Crippen LogP contribution in [0.5, 0.6) is 5.75 Å². The van der Waals surface area contributed by atoms with Gasteiger partial charge in [-0.2, -0.15) is 0 Å². The molecule has 41 heavy (non-hydrogen) atoms. The average Bonchev–Trinajstić information content (AvgIpc) is 2.88. The molecule has 1 aromatic rings. The number of phenols is 1. The Morgan fingerprint density at radius 1 is 1.07 bits per heavy atom. The number of nitrogens with zero attached hydrogens (tertiary/aromatic N) is 1. The molecule has 0 saturated heterocycles. The molecule has 3 aliphatic carbocycles. The van der Waals surface area contributed by atoms with Crippen LogP contribution in [0, 0.1) is 11.8 Å². The summed E-state index contributed by atoms with van der Waals surface area (Å²) in [4.78, 5) is 65.1. The van der Waals surface area contributed by atoms with Crippen LogP contribution in [0.1, 0.15) is 49.7 Å². The molecule has 0 heterocycles. The molecule has 1 fully saturated rings. The zero-order valence-corrected chi connectivity index (χ0v) is 22.7. The molecule has 1 aromatic carbocycles. The number of hydrogen-bond donors (Lipinski definition) is 6. The zero-order chi connectivity index (χ0) is 30.5. The van der Waals surface area contributed by atoms with E-state index < -0.39 is 87.6 Å². The maximum Gasteiger partial charge on any atom is 0.306 e. The molecule has 0 bridgehead atoms. The van der Waals surface area contributed by atoms with Crippen molar-refractivity contribution in [2.45, 2.75) is 56.3 Å². The van der Waals surface area contributed by atoms with Gasteiger partial charge in [-0.3, -0.25) is 28.9 Å². The minimum atomic E-state index is -3.02. The van der Waals surface area contributed by atoms with Crippen molar-refractivity contribution in [3.63, 3.8) is 0 Å². The van der Waals surface area contributed by atoms with Gasteiger partial charge in [-0.1, -0.05) is 19.1 Å². The Hall–Kier alpha value is -4.23. The van der Waals surface area contributed by atoms with Gasteiger partial charge in [0, 0.05) is 24.3 Å². The number of ether oxygens (including phenoxy) is 1. The Kier molecular flexibility index (Phi) is 7.71. The predicted octanol–water partition coefficient (Wildman–Crippen LogP) is 0.692. The van der Waals surface area contributed by atoms with Crippen LogP contribution in [0.2, 0.25) is 0 Å². The molecule has 0 aromatic heterocycles. The van der Waals surface area contributed by atoms with E-state index in [-0.39, 0.29) is 37.0 Å². The summed E-state index contributed by atoms with van der Waals surface area (Å²) in [6, 6.07) is 2.93. The number of primary amides is 1. The number of aliphatic hydroxyl groups excluding tert-OH is 2. The van der Waals surface area contributed by atoms with Crippen LogP contribution in [0.15, 0.2) is 35.1 Å². The third-order valence-electron chi connectivity index (χ3n) is 8.26. The Labute approximate surface area is 234 Å². The molecule has 0 spiro atoms. The highest BCUT2D eigenvalue weighted by atomic mass is 16.5. The topological polar surface area (TPSA) is 225 Å². The molecule has 0 radical (unpaired) electrons. The largest absolute Gasteiger partial charge is 0.508 e. The second kappa shape index (κ2) is 10.6. The van der Waals surface area contributed by atoms with Crippen LogP contribution < -0.4 is 5.73 Å². The summed E-state index contributed by atoms with van der Waals surface area (Å²) in [5.41, 5.74) is 1.19. The number of phenolic OH excluding ortho intramolecular Hbond substituents is 1. The summed E-state index contributed by atoms with van der Waals surface area (Å²) in [7, 11) is 2.86. The van der Waals surface area contributed by atoms with Gasteiger partial charge in [0.1, 0.15) is 28.9 Å². The number of carboxylic acid groups (broad SMARTS) is 1. The molecule has 6 atom stereocenters. The number of nitrogens with two attached hydrogens (primary N) is 1. The summed E-state index contributed by atoms with van der Waals surface area (Å²) in [6.45, 7) is 1.65. The number of aromatic hydroxyl groups is 1. The summed E-state index contributed by atoms with van der Waals surface area (Å²) >= 11 is 0. The number of likely N-dealkylation sites (N-methyl/N-ethyl adjacent to an activating group) is 1. The van der Waals surface area contributed by atoms with E-state index in [0.717, 1.165) is 0 Å². The van der Waals surface area contributed by atoms with Crippen LogP contribution in [0.3, 0.4) is 0 Å². The molecule has 4 rings (SSSR count). The molecule has 1 amide bonds. The molecule has 3 aliphatic rings. The number of rotatable bonds is 8. The highest BCUT2D eigenvalue weighted by molar-refractivity contribution is 6.24. The first-order chi connectivity index (χ1) is 19.2. The fourth-order valence-corrected chi connectivity index (χ4v) is 6.44. The number of fused-ring (bicyclic) bond motifs is 3. The average molecular weight is 573 g/mol. The standard InChI is InChI=1S/C28H32N2O11/c1-11-12-7-6-8-13(31)17(12)22(35)18-16(11)24(41-15(34)10-5-4-9-14(32)33)20-21(30(2)3)23(36)19(27(29)39)26(38)28(20,40)25(18)37/h6-8,11,16,20-21,24,31,35,38,40H,4-5,9-10H2,1-3H3,(H2,29,39)(H,32,33)/t11-,16+,20+,21?,24-,28-/m0/s1. The quantitative estimate of drug-likeness (QED) is 0.144. The fraction of sp³-hybridized carbons (Fsp3) is 0.464. The summed E-state index contributed by atoms with van der Waals surface area (Å²) < 4.78 is 5.85. The van der Waals surface area contributed by atoms with Crippen molar-refractivity contribution in [2.24, 2.45) is 17.6 Å². The number of esters is 1. The van der Waals surface area contributed by atoms with E-state index in [1.165, 1.54) is 31.1 Å². The highest BCUT2D eigenvalue weighted by Crippen LogP contribution is 2.56. The molecule has 13 nitrogen and oxygen atoms in total. The number of carbonyl (C=O) groups excluding carboxylic acids is 4. The van der Waals surface area contributed by atoms with Gasteiger partial charge in [0.15, 0.2) is 11.4 Å². The molecule has 220 valence electrons. The van der Waals surface area contributed by atoms with Gasteiger partial charge < -0.3 is 36.0 Å². The lowest BCUT2D eigenvalue weighted by Gasteiger charge is -2.54. The zero-order valence-electron chi connectivity index (χ0n) is 22.7. The Bertz CT molecular complexity index is 1410. The number of carboxylic acids is 1. The van der Waals surface area contributed by atoms with Gasteiger partial charge in [-0.15, -0.1) is 0 Å². The number of ketones is 2. The van der Waals surface area contributed by atoms with Crippen molar-refractivity contribution < 1.29 is 54.2 Å². The summed E-state index contributed by atoms with van der Waals surface area (Å²) in [5.74, 6) is -11.4. The summed E-state index contributed by atoms with van der Waals surface area (Å²) in [5, 5.41) is 53.9. The van der Waals surface area contributed by atoms with Gasteiger partial charge in [-0.25, -0.2) is 0 Å². The van der Waals surface area contributed by atoms with Crippen molar-refractivity contribution in [1.29, 1.82) is 0 Å². The smallest absolute Gasteiger partial charge is 0.306 e. The lowest BCUT2D eigenvalue weighted by molar-refractivity contribution is -0.185. The van der Waals surface area contributed by atoms with Gasteiger partial charge >= 0.3 is 11.9 Å². The molecular formula is C28H32N2O11. The number of carbonyl (C=O) groups is 5. The van der Waals surface area contributed by atoms with Crippen LogP contribution in [-0.4, -0.2) is 91.7 Å². The van der Waals surface area contributed by atoms with Crippen LogP contribution in [0.4, 0.5) is 0 Å². The predicted molar refractivity (Wildman–Crippen MR) is 140 cm³/mol. The highest BCUT2D eigenvalue weighted by Gasteiger charge is 2.69. The SMILES string of the molecule is C[C@H]1c2cccc(O)c2C(O)=C2C(=O)[C@]3(O)C(O)=C(C(N)=O)C(=O)C(N(C)C)[C@@H]3[C@@H](OC(=O)CCCCC(=O)O)[C@@H]21. The normalized spacial score (nSPS) is 29.1. The minimum absolute atomic E-state index is 0.0879. The van der Waals surface area contributed by atoms with Crippen molar-refractivity contribution in [2.75, 3.05) is 14.1 Å². The lowest BCUT2D eigenvalue weighted by Crippen LogP contribution is -2.71. The number of Topliss-reactive ketones (excluding diaryl/α,β-unsaturated/α-hetero) is 2. The van der Waals surface area contributed by atoms with E-state index in [2.05, 4.69) is 0 Å². The van der Waals surface area contributed by atoms with E-state index >= 15 is 0 Å². The molecular weight excluding hydrogens is 540 g/mol. The summed E-state index contributed by atoms with van der Waals surface area (Å²) in [6.07, 6.45) is -1.62. The van der Waals surface area contributed by atoms with E-state index in [9.17, 15) is 44.4 Å². The van der Waals surface area contributed by atoms with Crippen molar-refractivity contribution in [3.05, 3.63) is 46.2 Å². The van der Waals surface area contributed by atoms with Crippen LogP contribution in [-0.2, 0) is 28.7 Å².